The van der Waals surface area contributed by atoms with E-state index in [9.17, 15) is 26.4 Å². The Bertz CT molecular complexity index is 1180. The van der Waals surface area contributed by atoms with E-state index in [1.54, 1.807) is 13.8 Å². The molecule has 0 aliphatic rings. The predicted molar refractivity (Wildman–Crippen MR) is 105 cm³/mol. The van der Waals surface area contributed by atoms with Crippen molar-refractivity contribution in [3.05, 3.63) is 29.5 Å². The van der Waals surface area contributed by atoms with Gasteiger partial charge in [0.2, 0.25) is 26.0 Å². The highest BCUT2D eigenvalue weighted by Gasteiger charge is 2.30. The van der Waals surface area contributed by atoms with Crippen LogP contribution in [0.1, 0.15) is 29.9 Å². The van der Waals surface area contributed by atoms with Crippen molar-refractivity contribution in [2.75, 3.05) is 23.9 Å². The Morgan fingerprint density at radius 1 is 1.11 bits per heavy atom. The fraction of sp³-hybridized carbons (Fsp3) is 0.412. The average molecular weight is 431 g/mol. The number of rotatable bonds is 5. The molecule has 1 amide bonds. The first-order chi connectivity index (χ1) is 12.7. The highest BCUT2D eigenvalue weighted by molar-refractivity contribution is 7.92. The van der Waals surface area contributed by atoms with Gasteiger partial charge in [-0.2, -0.15) is 0 Å². The molecule has 1 aromatic heterocycles. The van der Waals surface area contributed by atoms with Crippen molar-refractivity contribution >= 4 is 48.5 Å². The lowest BCUT2D eigenvalue weighted by molar-refractivity contribution is -0.120. The third kappa shape index (κ3) is 3.76. The Labute approximate surface area is 164 Å². The molecule has 0 saturated heterocycles. The molecule has 0 unspecified atom stereocenters. The van der Waals surface area contributed by atoms with Crippen LogP contribution in [-0.2, 0) is 29.6 Å². The van der Waals surface area contributed by atoms with Gasteiger partial charge in [0, 0.05) is 17.0 Å². The summed E-state index contributed by atoms with van der Waals surface area (Å²) < 4.78 is 55.3. The van der Waals surface area contributed by atoms with E-state index < -0.39 is 37.8 Å². The van der Waals surface area contributed by atoms with Crippen LogP contribution in [-0.4, -0.2) is 52.3 Å². The Morgan fingerprint density at radius 2 is 1.68 bits per heavy atom. The van der Waals surface area contributed by atoms with E-state index in [0.717, 1.165) is 23.6 Å². The smallest absolute Gasteiger partial charge is 0.340 e. The van der Waals surface area contributed by atoms with Crippen LogP contribution in [0.25, 0.3) is 10.9 Å². The van der Waals surface area contributed by atoms with Crippen molar-refractivity contribution < 1.29 is 31.2 Å². The number of fused-ring (bicyclic) bond motifs is 1. The Balaban J connectivity index is 2.94. The van der Waals surface area contributed by atoms with E-state index in [1.807, 2.05) is 0 Å². The average Bonchev–Trinajstić information content (AvgIpc) is 2.84. The van der Waals surface area contributed by atoms with Gasteiger partial charge in [0.25, 0.3) is 0 Å². The maximum absolute atomic E-state index is 12.5. The number of aromatic nitrogens is 1. The zero-order valence-corrected chi connectivity index (χ0v) is 18.0. The summed E-state index contributed by atoms with van der Waals surface area (Å²) in [7, 11) is -6.57. The first-order valence-electron chi connectivity index (χ1n) is 8.19. The van der Waals surface area contributed by atoms with E-state index in [1.165, 1.54) is 25.1 Å². The number of hydrogen-bond donors (Lipinski definition) is 0. The molecule has 0 bridgehead atoms. The van der Waals surface area contributed by atoms with Crippen molar-refractivity contribution in [3.63, 3.8) is 0 Å². The minimum atomic E-state index is -3.96. The minimum Gasteiger partial charge on any atom is -0.465 e. The number of carbonyl (C=O) groups excluding carboxylic acids is 2. The number of methoxy groups -OCH3 is 1. The van der Waals surface area contributed by atoms with E-state index >= 15 is 0 Å². The second-order valence-corrected chi connectivity index (χ2v) is 10.4. The van der Waals surface area contributed by atoms with Crippen LogP contribution in [0.15, 0.2) is 18.2 Å². The second kappa shape index (κ2) is 7.21. The summed E-state index contributed by atoms with van der Waals surface area (Å²) in [5.41, 5.74) is 0.289. The number of hydrogen-bond acceptors (Lipinski definition) is 7. The minimum absolute atomic E-state index is 0.00417. The highest BCUT2D eigenvalue weighted by Crippen LogP contribution is 2.32. The molecule has 1 heterocycles. The molecular formula is C17H22N2O7S2. The largest absolute Gasteiger partial charge is 0.465 e. The SMILES string of the molecule is COC(=O)c1c(C)n(S(C)(=O)=O)c2ccc(N(C(=O)C(C)C)S(C)(=O)=O)cc12. The van der Waals surface area contributed by atoms with Gasteiger partial charge in [0.1, 0.15) is 0 Å². The number of nitrogens with zero attached hydrogens (tertiary/aromatic N) is 2. The van der Waals surface area contributed by atoms with Crippen LogP contribution in [0.3, 0.4) is 0 Å². The van der Waals surface area contributed by atoms with Gasteiger partial charge >= 0.3 is 5.97 Å². The number of benzene rings is 1. The fourth-order valence-corrected chi connectivity index (χ4v) is 5.15. The molecule has 154 valence electrons. The van der Waals surface area contributed by atoms with E-state index in [4.69, 9.17) is 4.74 Å². The molecule has 2 aromatic rings. The maximum Gasteiger partial charge on any atom is 0.340 e. The molecule has 0 aliphatic heterocycles. The summed E-state index contributed by atoms with van der Waals surface area (Å²) in [6, 6.07) is 3.99. The number of ether oxygens (including phenoxy) is 1. The fourth-order valence-electron chi connectivity index (χ4n) is 3.01. The van der Waals surface area contributed by atoms with Crippen molar-refractivity contribution in [2.45, 2.75) is 20.8 Å². The van der Waals surface area contributed by atoms with Crippen LogP contribution in [0.5, 0.6) is 0 Å². The van der Waals surface area contributed by atoms with Crippen LogP contribution in [0, 0.1) is 12.8 Å². The molecule has 0 N–H and O–H groups in total. The maximum atomic E-state index is 12.5. The number of sulfonamides is 1. The lowest BCUT2D eigenvalue weighted by Gasteiger charge is -2.22. The van der Waals surface area contributed by atoms with Gasteiger partial charge in [-0.25, -0.2) is 29.9 Å². The van der Waals surface area contributed by atoms with Crippen LogP contribution in [0.2, 0.25) is 0 Å². The van der Waals surface area contributed by atoms with Crippen molar-refractivity contribution in [2.24, 2.45) is 5.92 Å². The summed E-state index contributed by atoms with van der Waals surface area (Å²) in [5.74, 6) is -2.03. The normalized spacial score (nSPS) is 12.4. The van der Waals surface area contributed by atoms with Gasteiger partial charge in [0.15, 0.2) is 0 Å². The van der Waals surface area contributed by atoms with Gasteiger partial charge in [-0.1, -0.05) is 13.8 Å². The first-order valence-corrected chi connectivity index (χ1v) is 11.9. The van der Waals surface area contributed by atoms with Gasteiger partial charge in [-0.3, -0.25) is 4.79 Å². The van der Waals surface area contributed by atoms with Crippen LogP contribution in [0.4, 0.5) is 5.69 Å². The zero-order chi connectivity index (χ0) is 21.6. The molecule has 2 rings (SSSR count). The van der Waals surface area contributed by atoms with Gasteiger partial charge < -0.3 is 4.74 Å². The standard InChI is InChI=1S/C17H22N2O7S2/c1-10(2)16(20)19(28(6,24)25)12-7-8-14-13(9-12)15(17(21)26-4)11(3)18(14)27(5,22)23/h7-10H,1-6H3. The number of anilines is 1. The quantitative estimate of drug-likeness (QED) is 0.659. The molecule has 0 radical (unpaired) electrons. The van der Waals surface area contributed by atoms with Crippen molar-refractivity contribution in [3.8, 4) is 0 Å². The second-order valence-electron chi connectivity index (χ2n) is 6.70. The summed E-state index contributed by atoms with van der Waals surface area (Å²) in [5, 5.41) is 0.164. The van der Waals surface area contributed by atoms with Crippen molar-refractivity contribution in [1.29, 1.82) is 0 Å². The van der Waals surface area contributed by atoms with Gasteiger partial charge in [-0.15, -0.1) is 0 Å². The van der Waals surface area contributed by atoms with Crippen LogP contribution < -0.4 is 4.31 Å². The molecule has 0 saturated carbocycles. The number of carbonyl (C=O) groups is 2. The lowest BCUT2D eigenvalue weighted by atomic mass is 10.1. The van der Waals surface area contributed by atoms with Crippen LogP contribution >= 0.6 is 0 Å². The molecule has 28 heavy (non-hydrogen) atoms. The zero-order valence-electron chi connectivity index (χ0n) is 16.4. The third-order valence-corrected chi connectivity index (χ3v) is 6.30. The molecule has 0 atom stereocenters. The molecule has 0 aliphatic carbocycles. The summed E-state index contributed by atoms with van der Waals surface area (Å²) in [4.78, 5) is 24.8. The first kappa shape index (κ1) is 21.9. The summed E-state index contributed by atoms with van der Waals surface area (Å²) in [6.45, 7) is 4.56. The molecule has 9 nitrogen and oxygen atoms in total. The third-order valence-electron chi connectivity index (χ3n) is 4.12. The Kier molecular flexibility index (Phi) is 5.64. The molecule has 0 spiro atoms. The molecule has 0 fully saturated rings. The van der Waals surface area contributed by atoms with E-state index in [0.29, 0.717) is 4.31 Å². The lowest BCUT2D eigenvalue weighted by Crippen LogP contribution is -2.38. The monoisotopic (exact) mass is 430 g/mol. The molecule has 11 heteroatoms. The van der Waals surface area contributed by atoms with Gasteiger partial charge in [0.05, 0.1) is 36.4 Å². The number of esters is 1. The predicted octanol–water partition coefficient (Wildman–Crippen LogP) is 1.49. The van der Waals surface area contributed by atoms with Gasteiger partial charge in [-0.05, 0) is 25.1 Å². The molecule has 1 aromatic carbocycles. The van der Waals surface area contributed by atoms with E-state index in [2.05, 4.69) is 0 Å². The summed E-state index contributed by atoms with van der Waals surface area (Å²) in [6.07, 6.45) is 1.88. The Morgan fingerprint density at radius 3 is 2.11 bits per heavy atom. The number of amides is 1. The summed E-state index contributed by atoms with van der Waals surface area (Å²) >= 11 is 0. The van der Waals surface area contributed by atoms with E-state index in [-0.39, 0.29) is 27.8 Å². The highest BCUT2D eigenvalue weighted by atomic mass is 32.2. The topological polar surface area (TPSA) is 120 Å². The Hall–Kier alpha value is -2.40. The van der Waals surface area contributed by atoms with Crippen molar-refractivity contribution in [1.82, 2.24) is 3.97 Å². The molecular weight excluding hydrogens is 408 g/mol.